The lowest BCUT2D eigenvalue weighted by Gasteiger charge is -2.29. The second-order valence-electron chi connectivity index (χ2n) is 5.76. The van der Waals surface area contributed by atoms with Crippen LogP contribution in [0.5, 0.6) is 0 Å². The van der Waals surface area contributed by atoms with Crippen molar-refractivity contribution in [2.75, 3.05) is 20.1 Å². The molecule has 0 amide bonds. The Bertz CT molecular complexity index is 707. The third-order valence-corrected chi connectivity index (χ3v) is 4.16. The summed E-state index contributed by atoms with van der Waals surface area (Å²) in [6, 6.07) is 1.99. The molecule has 1 aliphatic rings. The molecular formula is C15H20N4O. The van der Waals surface area contributed by atoms with Gasteiger partial charge in [0.15, 0.2) is 0 Å². The first-order chi connectivity index (χ1) is 9.56. The number of nitrogens with zero attached hydrogens (tertiary/aromatic N) is 4. The molecule has 20 heavy (non-hydrogen) atoms. The normalized spacial score (nSPS) is 20.4. The molecule has 0 N–H and O–H groups in total. The Morgan fingerprint density at radius 3 is 2.90 bits per heavy atom. The molecule has 3 heterocycles. The number of fused-ring (bicyclic) bond motifs is 1. The molecule has 0 spiro atoms. The van der Waals surface area contributed by atoms with E-state index in [9.17, 15) is 4.79 Å². The minimum atomic E-state index is 0.0795. The second kappa shape index (κ2) is 4.98. The van der Waals surface area contributed by atoms with E-state index in [4.69, 9.17) is 0 Å². The lowest BCUT2D eigenvalue weighted by Crippen LogP contribution is -2.34. The van der Waals surface area contributed by atoms with Crippen LogP contribution in [0.15, 0.2) is 17.1 Å². The predicted molar refractivity (Wildman–Crippen MR) is 79.0 cm³/mol. The van der Waals surface area contributed by atoms with Gasteiger partial charge in [-0.25, -0.2) is 9.97 Å². The molecule has 1 fully saturated rings. The van der Waals surface area contributed by atoms with Gasteiger partial charge < -0.3 is 4.90 Å². The van der Waals surface area contributed by atoms with E-state index in [0.717, 1.165) is 42.5 Å². The van der Waals surface area contributed by atoms with Gasteiger partial charge in [0.05, 0.1) is 0 Å². The van der Waals surface area contributed by atoms with Crippen molar-refractivity contribution in [1.29, 1.82) is 0 Å². The zero-order valence-electron chi connectivity index (χ0n) is 12.3. The molecule has 106 valence electrons. The average molecular weight is 272 g/mol. The molecule has 5 nitrogen and oxygen atoms in total. The van der Waals surface area contributed by atoms with Crippen molar-refractivity contribution in [1.82, 2.24) is 19.4 Å². The van der Waals surface area contributed by atoms with Crippen molar-refractivity contribution in [3.05, 3.63) is 34.0 Å². The van der Waals surface area contributed by atoms with Gasteiger partial charge in [-0.2, -0.15) is 0 Å². The van der Waals surface area contributed by atoms with Gasteiger partial charge in [0.2, 0.25) is 0 Å². The van der Waals surface area contributed by atoms with Crippen molar-refractivity contribution in [3.8, 4) is 0 Å². The Kier molecular flexibility index (Phi) is 3.30. The summed E-state index contributed by atoms with van der Waals surface area (Å²) in [7, 11) is 3.91. The number of aromatic nitrogens is 3. The van der Waals surface area contributed by atoms with Crippen LogP contribution >= 0.6 is 0 Å². The Hall–Kier alpha value is -1.75. The van der Waals surface area contributed by atoms with Crippen LogP contribution in [-0.2, 0) is 7.05 Å². The van der Waals surface area contributed by atoms with Crippen LogP contribution in [0.2, 0.25) is 0 Å². The molecular weight excluding hydrogens is 252 g/mol. The highest BCUT2D eigenvalue weighted by Gasteiger charge is 2.22. The van der Waals surface area contributed by atoms with Gasteiger partial charge in [-0.15, -0.1) is 0 Å². The third kappa shape index (κ3) is 2.22. The molecule has 0 aromatic carbocycles. The lowest BCUT2D eigenvalue weighted by molar-refractivity contribution is 0.250. The highest BCUT2D eigenvalue weighted by molar-refractivity contribution is 5.74. The van der Waals surface area contributed by atoms with E-state index < -0.39 is 0 Å². The smallest absolute Gasteiger partial charge is 0.255 e. The highest BCUT2D eigenvalue weighted by atomic mass is 16.1. The molecule has 3 rings (SSSR count). The van der Waals surface area contributed by atoms with Crippen LogP contribution in [0.4, 0.5) is 0 Å². The summed E-state index contributed by atoms with van der Waals surface area (Å²) in [5, 5.41) is 0.945. The number of hydrogen-bond donors (Lipinski definition) is 0. The molecule has 2 aromatic rings. The molecule has 0 radical (unpaired) electrons. The van der Waals surface area contributed by atoms with E-state index in [1.807, 2.05) is 19.2 Å². The summed E-state index contributed by atoms with van der Waals surface area (Å²) in [5.41, 5.74) is 1.70. The number of likely N-dealkylation sites (N-methyl/N-ethyl adjacent to an activating group) is 1. The van der Waals surface area contributed by atoms with E-state index in [-0.39, 0.29) is 5.56 Å². The molecule has 1 unspecified atom stereocenters. The SMILES string of the molecule is Cc1ncc2cc(C3CCCN(C)C3)c(=O)n(C)c2n1. The number of pyridine rings is 1. The van der Waals surface area contributed by atoms with Crippen molar-refractivity contribution >= 4 is 11.0 Å². The fourth-order valence-electron chi connectivity index (χ4n) is 3.07. The van der Waals surface area contributed by atoms with Gasteiger partial charge in [-0.05, 0) is 39.4 Å². The molecule has 0 saturated carbocycles. The Morgan fingerprint density at radius 2 is 2.15 bits per heavy atom. The van der Waals surface area contributed by atoms with Crippen LogP contribution in [-0.4, -0.2) is 39.6 Å². The quantitative estimate of drug-likeness (QED) is 0.788. The van der Waals surface area contributed by atoms with Crippen LogP contribution in [0, 0.1) is 6.92 Å². The summed E-state index contributed by atoms with van der Waals surface area (Å²) in [6.07, 6.45) is 4.04. The van der Waals surface area contributed by atoms with Crippen LogP contribution < -0.4 is 5.56 Å². The van der Waals surface area contributed by atoms with Gasteiger partial charge >= 0.3 is 0 Å². The summed E-state index contributed by atoms with van der Waals surface area (Å²) < 4.78 is 1.66. The minimum Gasteiger partial charge on any atom is -0.306 e. The number of piperidine rings is 1. The fourth-order valence-corrected chi connectivity index (χ4v) is 3.07. The molecule has 1 atom stereocenters. The second-order valence-corrected chi connectivity index (χ2v) is 5.76. The highest BCUT2D eigenvalue weighted by Crippen LogP contribution is 2.25. The van der Waals surface area contributed by atoms with Gasteiger partial charge in [0.1, 0.15) is 11.5 Å². The Morgan fingerprint density at radius 1 is 1.35 bits per heavy atom. The first kappa shape index (κ1) is 13.2. The van der Waals surface area contributed by atoms with Crippen LogP contribution in [0.3, 0.4) is 0 Å². The van der Waals surface area contributed by atoms with Crippen LogP contribution in [0.1, 0.15) is 30.1 Å². The predicted octanol–water partition coefficient (Wildman–Crippen LogP) is 1.45. The maximum Gasteiger partial charge on any atom is 0.255 e. The molecule has 5 heteroatoms. The van der Waals surface area contributed by atoms with Gasteiger partial charge in [-0.3, -0.25) is 9.36 Å². The topological polar surface area (TPSA) is 51.0 Å². The van der Waals surface area contributed by atoms with Crippen molar-refractivity contribution in [3.63, 3.8) is 0 Å². The molecule has 2 aromatic heterocycles. The standard InChI is InChI=1S/C15H20N4O/c1-10-16-8-12-7-13(11-5-4-6-18(2)9-11)15(20)19(3)14(12)17-10/h7-8,11H,4-6,9H2,1-3H3. The van der Waals surface area contributed by atoms with E-state index in [0.29, 0.717) is 11.7 Å². The maximum absolute atomic E-state index is 12.6. The zero-order valence-corrected chi connectivity index (χ0v) is 12.3. The number of rotatable bonds is 1. The number of likely N-dealkylation sites (tertiary alicyclic amines) is 1. The lowest BCUT2D eigenvalue weighted by atomic mass is 9.91. The maximum atomic E-state index is 12.6. The summed E-state index contributed by atoms with van der Waals surface area (Å²) in [6.45, 7) is 3.91. The summed E-state index contributed by atoms with van der Waals surface area (Å²) in [5.74, 6) is 1.01. The van der Waals surface area contributed by atoms with E-state index in [1.54, 1.807) is 11.6 Å². The first-order valence-corrected chi connectivity index (χ1v) is 7.08. The zero-order chi connectivity index (χ0) is 14.3. The third-order valence-electron chi connectivity index (χ3n) is 4.16. The fraction of sp³-hybridized carbons (Fsp3) is 0.533. The molecule has 0 aliphatic carbocycles. The van der Waals surface area contributed by atoms with Gasteiger partial charge in [-0.1, -0.05) is 0 Å². The Balaban J connectivity index is 2.14. The van der Waals surface area contributed by atoms with E-state index >= 15 is 0 Å². The van der Waals surface area contributed by atoms with Gasteiger partial charge in [0, 0.05) is 36.7 Å². The monoisotopic (exact) mass is 272 g/mol. The summed E-state index contributed by atoms with van der Waals surface area (Å²) >= 11 is 0. The number of aryl methyl sites for hydroxylation is 2. The minimum absolute atomic E-state index is 0.0795. The largest absolute Gasteiger partial charge is 0.306 e. The van der Waals surface area contributed by atoms with Crippen LogP contribution in [0.25, 0.3) is 11.0 Å². The van der Waals surface area contributed by atoms with E-state index in [1.165, 1.54) is 0 Å². The van der Waals surface area contributed by atoms with Crippen molar-refractivity contribution in [2.45, 2.75) is 25.7 Å². The van der Waals surface area contributed by atoms with E-state index in [2.05, 4.69) is 21.9 Å². The molecule has 1 aliphatic heterocycles. The summed E-state index contributed by atoms with van der Waals surface area (Å²) in [4.78, 5) is 23.5. The first-order valence-electron chi connectivity index (χ1n) is 7.08. The van der Waals surface area contributed by atoms with Gasteiger partial charge in [0.25, 0.3) is 5.56 Å². The Labute approximate surface area is 118 Å². The molecule has 1 saturated heterocycles. The number of hydrogen-bond acceptors (Lipinski definition) is 4. The van der Waals surface area contributed by atoms with Crippen molar-refractivity contribution < 1.29 is 0 Å². The van der Waals surface area contributed by atoms with Crippen molar-refractivity contribution in [2.24, 2.45) is 7.05 Å². The molecule has 0 bridgehead atoms. The average Bonchev–Trinajstić information content (AvgIpc) is 2.43.